The Balaban J connectivity index is 1.84. The molecule has 0 amide bonds. The maximum atomic E-state index is 5.88. The van der Waals surface area contributed by atoms with E-state index >= 15 is 0 Å². The molecule has 0 aliphatic rings. The summed E-state index contributed by atoms with van der Waals surface area (Å²) in [5.41, 5.74) is 8.01. The van der Waals surface area contributed by atoms with Gasteiger partial charge in [0.25, 0.3) is 5.89 Å². The van der Waals surface area contributed by atoms with Crippen LogP contribution in [-0.2, 0) is 6.42 Å². The maximum Gasteiger partial charge on any atom is 0.258 e. The van der Waals surface area contributed by atoms with Crippen molar-refractivity contribution in [3.8, 4) is 11.5 Å². The van der Waals surface area contributed by atoms with E-state index < -0.39 is 0 Å². The number of anilines is 1. The molecule has 0 saturated heterocycles. The average molecular weight is 287 g/mol. The van der Waals surface area contributed by atoms with Crippen LogP contribution < -0.4 is 5.73 Å². The van der Waals surface area contributed by atoms with E-state index in [-0.39, 0.29) is 0 Å². The highest BCUT2D eigenvalue weighted by Gasteiger charge is 2.10. The first-order valence-electron chi connectivity index (χ1n) is 5.99. The summed E-state index contributed by atoms with van der Waals surface area (Å²) >= 11 is 5.88. The monoisotopic (exact) mass is 286 g/mol. The van der Waals surface area contributed by atoms with E-state index in [0.717, 1.165) is 11.1 Å². The summed E-state index contributed by atoms with van der Waals surface area (Å²) in [5, 5.41) is 4.46. The van der Waals surface area contributed by atoms with Gasteiger partial charge in [0.15, 0.2) is 5.82 Å². The molecule has 3 rings (SSSR count). The number of pyridine rings is 1. The largest absolute Gasteiger partial charge is 0.398 e. The molecular formula is C14H11ClN4O. The molecule has 0 aliphatic heterocycles. The second kappa shape index (κ2) is 5.30. The van der Waals surface area contributed by atoms with Crippen LogP contribution in [0.1, 0.15) is 11.4 Å². The molecule has 2 aromatic heterocycles. The molecular weight excluding hydrogens is 276 g/mol. The summed E-state index contributed by atoms with van der Waals surface area (Å²) in [6, 6.07) is 9.04. The van der Waals surface area contributed by atoms with Crippen LogP contribution in [0.2, 0.25) is 5.02 Å². The zero-order valence-corrected chi connectivity index (χ0v) is 11.2. The van der Waals surface area contributed by atoms with E-state index in [1.54, 1.807) is 30.6 Å². The van der Waals surface area contributed by atoms with Gasteiger partial charge in [0.05, 0.1) is 10.7 Å². The van der Waals surface area contributed by atoms with E-state index in [1.165, 1.54) is 0 Å². The number of halogens is 1. The van der Waals surface area contributed by atoms with Crippen LogP contribution in [0.15, 0.2) is 47.2 Å². The van der Waals surface area contributed by atoms with Crippen molar-refractivity contribution in [2.75, 3.05) is 5.73 Å². The van der Waals surface area contributed by atoms with Crippen molar-refractivity contribution in [3.63, 3.8) is 0 Å². The highest BCUT2D eigenvalue weighted by molar-refractivity contribution is 6.33. The summed E-state index contributed by atoms with van der Waals surface area (Å²) in [4.78, 5) is 8.39. The number of nitrogen functional groups attached to an aromatic ring is 1. The lowest BCUT2D eigenvalue weighted by Crippen LogP contribution is -1.91. The Morgan fingerprint density at radius 2 is 2.15 bits per heavy atom. The summed E-state index contributed by atoms with van der Waals surface area (Å²) in [5.74, 6) is 1.02. The third-order valence-corrected chi connectivity index (χ3v) is 3.14. The van der Waals surface area contributed by atoms with Gasteiger partial charge in [-0.15, -0.1) is 0 Å². The number of nitrogens with two attached hydrogens (primary N) is 1. The van der Waals surface area contributed by atoms with E-state index in [4.69, 9.17) is 21.9 Å². The van der Waals surface area contributed by atoms with Crippen molar-refractivity contribution in [2.45, 2.75) is 6.42 Å². The summed E-state index contributed by atoms with van der Waals surface area (Å²) in [6.07, 6.45) is 4.07. The van der Waals surface area contributed by atoms with Gasteiger partial charge in [0.1, 0.15) is 0 Å². The van der Waals surface area contributed by atoms with Crippen molar-refractivity contribution >= 4 is 17.3 Å². The molecule has 0 bridgehead atoms. The molecule has 0 spiro atoms. The van der Waals surface area contributed by atoms with Crippen molar-refractivity contribution < 1.29 is 4.52 Å². The molecule has 20 heavy (non-hydrogen) atoms. The number of aromatic nitrogens is 3. The van der Waals surface area contributed by atoms with Gasteiger partial charge in [0.2, 0.25) is 0 Å². The molecule has 0 fully saturated rings. The van der Waals surface area contributed by atoms with Gasteiger partial charge in [0, 0.05) is 24.4 Å². The van der Waals surface area contributed by atoms with E-state index in [1.807, 2.05) is 12.1 Å². The molecule has 3 aromatic rings. The summed E-state index contributed by atoms with van der Waals surface area (Å²) < 4.78 is 5.24. The smallest absolute Gasteiger partial charge is 0.258 e. The second-order valence-electron chi connectivity index (χ2n) is 4.29. The molecule has 2 N–H and O–H groups in total. The molecule has 0 radical (unpaired) electrons. The van der Waals surface area contributed by atoms with Crippen LogP contribution in [0.4, 0.5) is 5.69 Å². The lowest BCUT2D eigenvalue weighted by atomic mass is 10.2. The minimum Gasteiger partial charge on any atom is -0.398 e. The van der Waals surface area contributed by atoms with Gasteiger partial charge in [-0.2, -0.15) is 4.98 Å². The van der Waals surface area contributed by atoms with Gasteiger partial charge in [-0.05, 0) is 29.8 Å². The predicted molar refractivity (Wildman–Crippen MR) is 76.2 cm³/mol. The number of nitrogens with zero attached hydrogens (tertiary/aromatic N) is 3. The van der Waals surface area contributed by atoms with Crippen LogP contribution in [0, 0.1) is 0 Å². The van der Waals surface area contributed by atoms with E-state index in [2.05, 4.69) is 15.1 Å². The Labute approximate surface area is 120 Å². The highest BCUT2D eigenvalue weighted by Crippen LogP contribution is 2.25. The molecule has 0 aliphatic carbocycles. The molecule has 5 nitrogen and oxygen atoms in total. The molecule has 6 heteroatoms. The average Bonchev–Trinajstić information content (AvgIpc) is 2.91. The standard InChI is InChI=1S/C14H11ClN4O/c15-11-4-3-10(7-12(11)16)14-18-13(19-20-14)6-9-2-1-5-17-8-9/h1-5,7-8H,6,16H2. The molecule has 0 saturated carbocycles. The highest BCUT2D eigenvalue weighted by atomic mass is 35.5. The fraction of sp³-hybridized carbons (Fsp3) is 0.0714. The minimum atomic E-state index is 0.423. The van der Waals surface area contributed by atoms with E-state index in [0.29, 0.717) is 28.8 Å². The normalized spacial score (nSPS) is 10.7. The van der Waals surface area contributed by atoms with Crippen molar-refractivity contribution in [3.05, 3.63) is 59.1 Å². The fourth-order valence-corrected chi connectivity index (χ4v) is 1.92. The molecule has 100 valence electrons. The molecule has 2 heterocycles. The van der Waals surface area contributed by atoms with Gasteiger partial charge in [-0.1, -0.05) is 22.8 Å². The number of rotatable bonds is 3. The van der Waals surface area contributed by atoms with Gasteiger partial charge in [-0.3, -0.25) is 4.98 Å². The second-order valence-corrected chi connectivity index (χ2v) is 4.70. The van der Waals surface area contributed by atoms with Gasteiger partial charge in [-0.25, -0.2) is 0 Å². The first kappa shape index (κ1) is 12.6. The zero-order chi connectivity index (χ0) is 13.9. The van der Waals surface area contributed by atoms with Crippen LogP contribution in [-0.4, -0.2) is 15.1 Å². The topological polar surface area (TPSA) is 77.8 Å². The first-order chi connectivity index (χ1) is 9.72. The summed E-state index contributed by atoms with van der Waals surface area (Å²) in [6.45, 7) is 0. The Hall–Kier alpha value is -2.40. The third-order valence-electron chi connectivity index (χ3n) is 2.80. The number of hydrogen-bond acceptors (Lipinski definition) is 5. The summed E-state index contributed by atoms with van der Waals surface area (Å²) in [7, 11) is 0. The fourth-order valence-electron chi connectivity index (χ4n) is 1.81. The zero-order valence-electron chi connectivity index (χ0n) is 10.5. The SMILES string of the molecule is Nc1cc(-c2nc(Cc3cccnc3)no2)ccc1Cl. The predicted octanol–water partition coefficient (Wildman–Crippen LogP) is 2.96. The van der Waals surface area contributed by atoms with Crippen LogP contribution in [0.5, 0.6) is 0 Å². The minimum absolute atomic E-state index is 0.423. The molecule has 1 aromatic carbocycles. The maximum absolute atomic E-state index is 5.88. The van der Waals surface area contributed by atoms with Crippen molar-refractivity contribution in [1.82, 2.24) is 15.1 Å². The van der Waals surface area contributed by atoms with Gasteiger partial charge >= 0.3 is 0 Å². The Bertz CT molecular complexity index is 727. The number of benzene rings is 1. The lowest BCUT2D eigenvalue weighted by molar-refractivity contribution is 0.424. The van der Waals surface area contributed by atoms with Crippen LogP contribution in [0.3, 0.4) is 0 Å². The molecule has 0 unspecified atom stereocenters. The van der Waals surface area contributed by atoms with E-state index in [9.17, 15) is 0 Å². The first-order valence-corrected chi connectivity index (χ1v) is 6.37. The molecule has 0 atom stereocenters. The Morgan fingerprint density at radius 3 is 2.90 bits per heavy atom. The van der Waals surface area contributed by atoms with Crippen molar-refractivity contribution in [2.24, 2.45) is 0 Å². The van der Waals surface area contributed by atoms with Gasteiger partial charge < -0.3 is 10.3 Å². The van der Waals surface area contributed by atoms with Crippen molar-refractivity contribution in [1.29, 1.82) is 0 Å². The number of hydrogen-bond donors (Lipinski definition) is 1. The van der Waals surface area contributed by atoms with Crippen LogP contribution >= 0.6 is 11.6 Å². The quantitative estimate of drug-likeness (QED) is 0.749. The third kappa shape index (κ3) is 2.62. The van der Waals surface area contributed by atoms with Crippen LogP contribution in [0.25, 0.3) is 11.5 Å². The Morgan fingerprint density at radius 1 is 1.25 bits per heavy atom. The lowest BCUT2D eigenvalue weighted by Gasteiger charge is -1.98. The Kier molecular flexibility index (Phi) is 3.35.